The summed E-state index contributed by atoms with van der Waals surface area (Å²) in [5.74, 6) is 0.767. The smallest absolute Gasteiger partial charge is 0.310 e. The molecule has 1 aliphatic rings. The number of hydrogen-bond acceptors (Lipinski definition) is 6. The van der Waals surface area contributed by atoms with E-state index in [4.69, 9.17) is 4.74 Å². The highest BCUT2D eigenvalue weighted by molar-refractivity contribution is 7.18. The summed E-state index contributed by atoms with van der Waals surface area (Å²) >= 11 is 1.67. The van der Waals surface area contributed by atoms with E-state index in [2.05, 4.69) is 27.2 Å². The molecule has 3 heterocycles. The molecular weight excluding hydrogens is 274 g/mol. The van der Waals surface area contributed by atoms with Crippen molar-refractivity contribution < 1.29 is 9.53 Å². The maximum absolute atomic E-state index is 11.7. The normalized spacial score (nSPS) is 19.3. The molecule has 6 heteroatoms. The average Bonchev–Trinajstić information content (AvgIpc) is 2.88. The molecule has 0 spiro atoms. The third kappa shape index (κ3) is 2.24. The van der Waals surface area contributed by atoms with Crippen molar-refractivity contribution in [2.45, 2.75) is 19.8 Å². The summed E-state index contributed by atoms with van der Waals surface area (Å²) in [5.41, 5.74) is 2.19. The van der Waals surface area contributed by atoms with Crippen LogP contribution in [0.4, 0.5) is 5.82 Å². The van der Waals surface area contributed by atoms with E-state index in [0.29, 0.717) is 6.54 Å². The molecule has 1 saturated heterocycles. The molecule has 1 fully saturated rings. The molecule has 0 bridgehead atoms. The molecule has 1 aliphatic heterocycles. The molecule has 20 heavy (non-hydrogen) atoms. The monoisotopic (exact) mass is 291 g/mol. The average molecular weight is 291 g/mol. The second kappa shape index (κ2) is 5.36. The van der Waals surface area contributed by atoms with Crippen LogP contribution in [0, 0.1) is 12.8 Å². The van der Waals surface area contributed by atoms with Crippen LogP contribution in [0.1, 0.15) is 18.4 Å². The number of rotatable bonds is 2. The third-order valence-electron chi connectivity index (χ3n) is 3.77. The molecule has 1 unspecified atom stereocenters. The quantitative estimate of drug-likeness (QED) is 0.795. The van der Waals surface area contributed by atoms with Gasteiger partial charge in [-0.1, -0.05) is 0 Å². The zero-order valence-electron chi connectivity index (χ0n) is 11.6. The summed E-state index contributed by atoms with van der Waals surface area (Å²) in [5, 5.41) is 2.10. The topological polar surface area (TPSA) is 55.3 Å². The van der Waals surface area contributed by atoms with E-state index in [1.807, 2.05) is 0 Å². The predicted octanol–water partition coefficient (Wildman–Crippen LogP) is 2.39. The Balaban J connectivity index is 1.92. The number of aryl methyl sites for hydroxylation is 1. The highest BCUT2D eigenvalue weighted by Gasteiger charge is 2.28. The summed E-state index contributed by atoms with van der Waals surface area (Å²) in [4.78, 5) is 22.7. The molecular formula is C14H17N3O2S. The first-order valence-electron chi connectivity index (χ1n) is 6.72. The van der Waals surface area contributed by atoms with E-state index in [1.54, 1.807) is 17.7 Å². The lowest BCUT2D eigenvalue weighted by Crippen LogP contribution is -2.39. The van der Waals surface area contributed by atoms with Crippen LogP contribution in [0.2, 0.25) is 0 Å². The molecule has 0 amide bonds. The van der Waals surface area contributed by atoms with Crippen LogP contribution >= 0.6 is 11.3 Å². The van der Waals surface area contributed by atoms with E-state index < -0.39 is 0 Å². The largest absolute Gasteiger partial charge is 0.469 e. The molecule has 0 radical (unpaired) electrons. The first-order chi connectivity index (χ1) is 9.70. The van der Waals surface area contributed by atoms with Crippen LogP contribution in [0.15, 0.2) is 11.7 Å². The van der Waals surface area contributed by atoms with Crippen molar-refractivity contribution in [3.63, 3.8) is 0 Å². The minimum Gasteiger partial charge on any atom is -0.469 e. The van der Waals surface area contributed by atoms with Crippen LogP contribution in [-0.2, 0) is 9.53 Å². The molecule has 5 nitrogen and oxygen atoms in total. The number of ether oxygens (including phenoxy) is 1. The zero-order valence-corrected chi connectivity index (χ0v) is 12.4. The lowest BCUT2D eigenvalue weighted by atomic mass is 9.98. The van der Waals surface area contributed by atoms with Gasteiger partial charge in [0.05, 0.1) is 23.2 Å². The van der Waals surface area contributed by atoms with E-state index in [0.717, 1.165) is 35.4 Å². The zero-order chi connectivity index (χ0) is 14.1. The highest BCUT2D eigenvalue weighted by atomic mass is 32.1. The summed E-state index contributed by atoms with van der Waals surface area (Å²) in [7, 11) is 1.45. The minimum absolute atomic E-state index is 0.0557. The van der Waals surface area contributed by atoms with Gasteiger partial charge in [-0.15, -0.1) is 11.3 Å². The van der Waals surface area contributed by atoms with E-state index in [1.165, 1.54) is 12.7 Å². The molecule has 106 valence electrons. The van der Waals surface area contributed by atoms with Gasteiger partial charge in [0.2, 0.25) is 0 Å². The van der Waals surface area contributed by atoms with Crippen molar-refractivity contribution in [3.05, 3.63) is 17.3 Å². The van der Waals surface area contributed by atoms with E-state index in [9.17, 15) is 4.79 Å². The number of aromatic nitrogens is 2. The Bertz CT molecular complexity index is 640. The number of hydrogen-bond donors (Lipinski definition) is 0. The first kappa shape index (κ1) is 13.3. The number of carbonyl (C=O) groups is 1. The molecule has 0 aliphatic carbocycles. The Morgan fingerprint density at radius 3 is 3.15 bits per heavy atom. The maximum Gasteiger partial charge on any atom is 0.310 e. The number of esters is 1. The fourth-order valence-electron chi connectivity index (χ4n) is 2.71. The summed E-state index contributed by atoms with van der Waals surface area (Å²) < 4.78 is 5.98. The van der Waals surface area contributed by atoms with Gasteiger partial charge in [-0.3, -0.25) is 4.79 Å². The molecule has 2 aromatic heterocycles. The van der Waals surface area contributed by atoms with Crippen molar-refractivity contribution in [2.24, 2.45) is 5.92 Å². The van der Waals surface area contributed by atoms with Gasteiger partial charge in [0.25, 0.3) is 0 Å². The Labute approximate surface area is 121 Å². The number of anilines is 1. The number of thiophene rings is 1. The Morgan fingerprint density at radius 2 is 2.35 bits per heavy atom. The number of methoxy groups -OCH3 is 1. The predicted molar refractivity (Wildman–Crippen MR) is 79.1 cm³/mol. The van der Waals surface area contributed by atoms with Gasteiger partial charge in [0, 0.05) is 13.1 Å². The Hall–Kier alpha value is -1.69. The molecule has 0 N–H and O–H groups in total. The van der Waals surface area contributed by atoms with Gasteiger partial charge in [-0.25, -0.2) is 9.97 Å². The fraction of sp³-hybridized carbons (Fsp3) is 0.500. The standard InChI is InChI=1S/C14H17N3O2S/c1-9-7-20-12-11(9)15-8-16-13(12)17-5-3-4-10(6-17)14(18)19-2/h7-8,10H,3-6H2,1-2H3. The van der Waals surface area contributed by atoms with Crippen LogP contribution in [0.5, 0.6) is 0 Å². The van der Waals surface area contributed by atoms with Crippen LogP contribution < -0.4 is 4.90 Å². The number of nitrogens with zero attached hydrogens (tertiary/aromatic N) is 3. The minimum atomic E-state index is -0.123. The van der Waals surface area contributed by atoms with Crippen molar-refractivity contribution in [1.29, 1.82) is 0 Å². The number of carbonyl (C=O) groups excluding carboxylic acids is 1. The molecule has 0 aromatic carbocycles. The van der Waals surface area contributed by atoms with Gasteiger partial charge in [0.15, 0.2) is 0 Å². The lowest BCUT2D eigenvalue weighted by molar-refractivity contribution is -0.145. The van der Waals surface area contributed by atoms with Gasteiger partial charge in [-0.2, -0.15) is 0 Å². The van der Waals surface area contributed by atoms with Gasteiger partial charge in [0.1, 0.15) is 12.1 Å². The second-order valence-electron chi connectivity index (χ2n) is 5.10. The summed E-state index contributed by atoms with van der Waals surface area (Å²) in [6, 6.07) is 0. The van der Waals surface area contributed by atoms with E-state index in [-0.39, 0.29) is 11.9 Å². The van der Waals surface area contributed by atoms with Gasteiger partial charge in [-0.05, 0) is 30.7 Å². The van der Waals surface area contributed by atoms with Gasteiger partial charge < -0.3 is 9.64 Å². The van der Waals surface area contributed by atoms with Gasteiger partial charge >= 0.3 is 5.97 Å². The van der Waals surface area contributed by atoms with Crippen molar-refractivity contribution in [1.82, 2.24) is 9.97 Å². The third-order valence-corrected chi connectivity index (χ3v) is 4.85. The first-order valence-corrected chi connectivity index (χ1v) is 7.60. The van der Waals surface area contributed by atoms with Crippen LogP contribution in [0.25, 0.3) is 10.2 Å². The van der Waals surface area contributed by atoms with Crippen LogP contribution in [0.3, 0.4) is 0 Å². The Morgan fingerprint density at radius 1 is 1.50 bits per heavy atom. The fourth-order valence-corrected chi connectivity index (χ4v) is 3.73. The SMILES string of the molecule is COC(=O)C1CCCN(c2ncnc3c(C)csc23)C1. The summed E-state index contributed by atoms with van der Waals surface area (Å²) in [6.07, 6.45) is 3.48. The van der Waals surface area contributed by atoms with E-state index >= 15 is 0 Å². The highest BCUT2D eigenvalue weighted by Crippen LogP contribution is 2.33. The molecule has 1 atom stereocenters. The number of piperidine rings is 1. The van der Waals surface area contributed by atoms with Crippen molar-refractivity contribution in [3.8, 4) is 0 Å². The van der Waals surface area contributed by atoms with Crippen LogP contribution in [-0.4, -0.2) is 36.1 Å². The maximum atomic E-state index is 11.7. The number of fused-ring (bicyclic) bond motifs is 1. The second-order valence-corrected chi connectivity index (χ2v) is 5.98. The van der Waals surface area contributed by atoms with Crippen molar-refractivity contribution >= 4 is 33.3 Å². The molecule has 3 rings (SSSR count). The molecule has 2 aromatic rings. The van der Waals surface area contributed by atoms with Crippen molar-refractivity contribution in [2.75, 3.05) is 25.1 Å². The lowest BCUT2D eigenvalue weighted by Gasteiger charge is -2.32. The molecule has 0 saturated carbocycles. The summed E-state index contributed by atoms with van der Waals surface area (Å²) in [6.45, 7) is 3.66. The Kier molecular flexibility index (Phi) is 3.56.